The Kier molecular flexibility index (Phi) is 6.50. The van der Waals surface area contributed by atoms with Crippen LogP contribution >= 0.6 is 0 Å². The first kappa shape index (κ1) is 16.3. The topological polar surface area (TPSA) is 21.3 Å². The Labute approximate surface area is 128 Å². The van der Waals surface area contributed by atoms with Gasteiger partial charge >= 0.3 is 0 Å². The van der Waals surface area contributed by atoms with Crippen LogP contribution in [0.4, 0.5) is 4.39 Å². The molecule has 0 aromatic heterocycles. The summed E-state index contributed by atoms with van der Waals surface area (Å²) in [6.45, 7) is 3.14. The third kappa shape index (κ3) is 4.70. The zero-order chi connectivity index (χ0) is 15.1. The van der Waals surface area contributed by atoms with E-state index >= 15 is 0 Å². The van der Waals surface area contributed by atoms with Crippen LogP contribution in [0, 0.1) is 11.7 Å². The number of hydrogen-bond acceptors (Lipinski definition) is 2. The number of rotatable bonds is 8. The minimum atomic E-state index is -0.265. The van der Waals surface area contributed by atoms with Crippen LogP contribution in [0.5, 0.6) is 5.75 Å². The summed E-state index contributed by atoms with van der Waals surface area (Å²) in [5.41, 5.74) is 1.04. The average Bonchev–Trinajstić information content (AvgIpc) is 3.00. The van der Waals surface area contributed by atoms with Gasteiger partial charge in [-0.05, 0) is 49.4 Å². The van der Waals surface area contributed by atoms with Gasteiger partial charge in [0, 0.05) is 6.04 Å². The maximum atomic E-state index is 13.9. The fourth-order valence-electron chi connectivity index (χ4n) is 3.31. The van der Waals surface area contributed by atoms with Crippen molar-refractivity contribution in [1.29, 1.82) is 0 Å². The molecular weight excluding hydrogens is 265 g/mol. The van der Waals surface area contributed by atoms with Crippen LogP contribution < -0.4 is 10.1 Å². The van der Waals surface area contributed by atoms with Gasteiger partial charge in [0.2, 0.25) is 0 Å². The molecule has 1 atom stereocenters. The van der Waals surface area contributed by atoms with Crippen molar-refractivity contribution < 1.29 is 9.13 Å². The summed E-state index contributed by atoms with van der Waals surface area (Å²) < 4.78 is 18.9. The number of methoxy groups -OCH3 is 1. The molecule has 3 heteroatoms. The highest BCUT2D eigenvalue weighted by atomic mass is 19.1. The van der Waals surface area contributed by atoms with E-state index < -0.39 is 0 Å². The average molecular weight is 293 g/mol. The van der Waals surface area contributed by atoms with Gasteiger partial charge in [-0.1, -0.05) is 38.7 Å². The van der Waals surface area contributed by atoms with Crippen molar-refractivity contribution in [3.8, 4) is 5.75 Å². The highest BCUT2D eigenvalue weighted by Gasteiger charge is 2.19. The Morgan fingerprint density at radius 1 is 1.33 bits per heavy atom. The predicted molar refractivity (Wildman–Crippen MR) is 85.2 cm³/mol. The summed E-state index contributed by atoms with van der Waals surface area (Å²) in [6.07, 6.45) is 8.95. The van der Waals surface area contributed by atoms with Gasteiger partial charge in [0.05, 0.1) is 7.11 Å². The molecule has 1 aromatic rings. The van der Waals surface area contributed by atoms with Gasteiger partial charge in [0.15, 0.2) is 11.6 Å². The van der Waals surface area contributed by atoms with Crippen LogP contribution in [0.25, 0.3) is 0 Å². The molecule has 0 radical (unpaired) electrons. The zero-order valence-corrected chi connectivity index (χ0v) is 13.3. The second-order valence-corrected chi connectivity index (χ2v) is 6.13. The normalized spacial score (nSPS) is 17.1. The molecule has 1 N–H and O–H groups in total. The largest absolute Gasteiger partial charge is 0.494 e. The second-order valence-electron chi connectivity index (χ2n) is 6.13. The van der Waals surface area contributed by atoms with Crippen molar-refractivity contribution in [3.63, 3.8) is 0 Å². The molecule has 1 saturated carbocycles. The Morgan fingerprint density at radius 3 is 2.71 bits per heavy atom. The number of hydrogen-bond donors (Lipinski definition) is 1. The van der Waals surface area contributed by atoms with E-state index in [1.54, 1.807) is 12.1 Å². The highest BCUT2D eigenvalue weighted by Crippen LogP contribution is 2.32. The molecule has 0 bridgehead atoms. The summed E-state index contributed by atoms with van der Waals surface area (Å²) in [5, 5.41) is 3.57. The summed E-state index contributed by atoms with van der Waals surface area (Å²) in [7, 11) is 1.50. The van der Waals surface area contributed by atoms with E-state index in [0.29, 0.717) is 5.75 Å². The molecule has 2 nitrogen and oxygen atoms in total. The van der Waals surface area contributed by atoms with Crippen molar-refractivity contribution in [2.24, 2.45) is 5.92 Å². The highest BCUT2D eigenvalue weighted by molar-refractivity contribution is 5.31. The molecule has 1 aliphatic carbocycles. The van der Waals surface area contributed by atoms with E-state index in [2.05, 4.69) is 12.2 Å². The molecule has 0 heterocycles. The van der Waals surface area contributed by atoms with E-state index in [9.17, 15) is 4.39 Å². The van der Waals surface area contributed by atoms with Crippen LogP contribution in [-0.2, 0) is 0 Å². The smallest absolute Gasteiger partial charge is 0.165 e. The van der Waals surface area contributed by atoms with E-state index in [4.69, 9.17) is 4.74 Å². The molecule has 21 heavy (non-hydrogen) atoms. The van der Waals surface area contributed by atoms with Gasteiger partial charge in [-0.3, -0.25) is 0 Å². The molecule has 0 saturated heterocycles. The lowest BCUT2D eigenvalue weighted by atomic mass is 9.94. The quantitative estimate of drug-likeness (QED) is 0.740. The summed E-state index contributed by atoms with van der Waals surface area (Å²) >= 11 is 0. The Bertz CT molecular complexity index is 429. The zero-order valence-electron chi connectivity index (χ0n) is 13.3. The van der Waals surface area contributed by atoms with Crippen LogP contribution in [0.3, 0.4) is 0 Å². The van der Waals surface area contributed by atoms with Gasteiger partial charge in [0.25, 0.3) is 0 Å². The molecule has 1 fully saturated rings. The van der Waals surface area contributed by atoms with Gasteiger partial charge < -0.3 is 10.1 Å². The second kappa shape index (κ2) is 8.38. The molecule has 1 unspecified atom stereocenters. The van der Waals surface area contributed by atoms with Gasteiger partial charge in [-0.2, -0.15) is 0 Å². The first-order valence-corrected chi connectivity index (χ1v) is 8.31. The van der Waals surface area contributed by atoms with Crippen molar-refractivity contribution >= 4 is 0 Å². The van der Waals surface area contributed by atoms with Crippen molar-refractivity contribution in [2.75, 3.05) is 13.7 Å². The van der Waals surface area contributed by atoms with Crippen molar-refractivity contribution in [1.82, 2.24) is 5.32 Å². The molecule has 1 aliphatic rings. The number of ether oxygens (including phenoxy) is 1. The molecule has 2 rings (SSSR count). The van der Waals surface area contributed by atoms with Gasteiger partial charge in [-0.15, -0.1) is 0 Å². The lowest BCUT2D eigenvalue weighted by Gasteiger charge is -2.21. The van der Waals surface area contributed by atoms with Crippen molar-refractivity contribution in [3.05, 3.63) is 29.6 Å². The van der Waals surface area contributed by atoms with Gasteiger partial charge in [-0.25, -0.2) is 4.39 Å². The molecular formula is C18H28FNO. The first-order valence-electron chi connectivity index (χ1n) is 8.31. The maximum absolute atomic E-state index is 13.9. The van der Waals surface area contributed by atoms with Crippen molar-refractivity contribution in [2.45, 2.75) is 57.9 Å². The lowest BCUT2D eigenvalue weighted by molar-refractivity contribution is 0.383. The van der Waals surface area contributed by atoms with Crippen LogP contribution in [0.1, 0.15) is 63.5 Å². The van der Waals surface area contributed by atoms with Crippen LogP contribution in [0.2, 0.25) is 0 Å². The third-order valence-corrected chi connectivity index (χ3v) is 4.56. The molecule has 118 valence electrons. The molecule has 0 spiro atoms. The van der Waals surface area contributed by atoms with E-state index in [1.807, 2.05) is 6.07 Å². The maximum Gasteiger partial charge on any atom is 0.165 e. The van der Waals surface area contributed by atoms with E-state index in [0.717, 1.165) is 30.9 Å². The first-order chi connectivity index (χ1) is 10.2. The fraction of sp³-hybridized carbons (Fsp3) is 0.667. The Morgan fingerprint density at radius 2 is 2.10 bits per heavy atom. The molecule has 0 aliphatic heterocycles. The predicted octanol–water partition coefficient (Wildman–Crippen LogP) is 4.85. The van der Waals surface area contributed by atoms with Crippen LogP contribution in [0.15, 0.2) is 18.2 Å². The summed E-state index contributed by atoms with van der Waals surface area (Å²) in [5.74, 6) is 0.932. The van der Waals surface area contributed by atoms with E-state index in [-0.39, 0.29) is 11.9 Å². The third-order valence-electron chi connectivity index (χ3n) is 4.56. The minimum absolute atomic E-state index is 0.256. The van der Waals surface area contributed by atoms with Crippen LogP contribution in [-0.4, -0.2) is 13.7 Å². The Hall–Kier alpha value is -1.09. The number of halogens is 1. The monoisotopic (exact) mass is 293 g/mol. The molecule has 1 aromatic carbocycles. The number of nitrogens with one attached hydrogen (secondary N) is 1. The Balaban J connectivity index is 2.01. The molecule has 0 amide bonds. The summed E-state index contributed by atoms with van der Waals surface area (Å²) in [4.78, 5) is 0. The SMILES string of the molecule is CCCNC(CCC1CCCC1)c1ccc(OC)c(F)c1. The fourth-order valence-corrected chi connectivity index (χ4v) is 3.31. The lowest BCUT2D eigenvalue weighted by Crippen LogP contribution is -2.23. The summed E-state index contributed by atoms with van der Waals surface area (Å²) in [6, 6.07) is 5.61. The van der Waals surface area contributed by atoms with Gasteiger partial charge in [0.1, 0.15) is 0 Å². The van der Waals surface area contributed by atoms with E-state index in [1.165, 1.54) is 39.2 Å². The minimum Gasteiger partial charge on any atom is -0.494 e. The standard InChI is InChI=1S/C18H28FNO/c1-3-12-20-17(10-8-14-6-4-5-7-14)15-9-11-18(21-2)16(19)13-15/h9,11,13-14,17,20H,3-8,10,12H2,1-2H3. The number of benzene rings is 1.